The molecule has 0 aliphatic heterocycles. The van der Waals surface area contributed by atoms with Gasteiger partial charge in [0.2, 0.25) is 0 Å². The van der Waals surface area contributed by atoms with E-state index in [-0.39, 0.29) is 5.41 Å². The molecule has 0 aromatic heterocycles. The Kier molecular flexibility index (Phi) is 5.97. The first-order chi connectivity index (χ1) is 6.24. The van der Waals surface area contributed by atoms with Gasteiger partial charge in [-0.1, -0.05) is 38.2 Å². The van der Waals surface area contributed by atoms with Gasteiger partial charge in [-0.05, 0) is 26.2 Å². The molecule has 0 N–H and O–H groups in total. The second kappa shape index (κ2) is 6.48. The Hall–Kier alpha value is -1.03. The van der Waals surface area contributed by atoms with Gasteiger partial charge in [0.15, 0.2) is 0 Å². The third kappa shape index (κ3) is 3.94. The first kappa shape index (κ1) is 12.0. The molecule has 13 heavy (non-hydrogen) atoms. The van der Waals surface area contributed by atoms with Gasteiger partial charge in [0.25, 0.3) is 0 Å². The molecular formula is C12H19N. The molecular weight excluding hydrogens is 158 g/mol. The second-order valence-corrected chi connectivity index (χ2v) is 3.21. The lowest BCUT2D eigenvalue weighted by atomic mass is 9.83. The zero-order valence-corrected chi connectivity index (χ0v) is 8.88. The predicted octanol–water partition coefficient (Wildman–Crippen LogP) is 3.84. The van der Waals surface area contributed by atoms with E-state index in [4.69, 9.17) is 5.26 Å². The van der Waals surface area contributed by atoms with Gasteiger partial charge in [0.1, 0.15) is 0 Å². The van der Waals surface area contributed by atoms with E-state index in [1.807, 2.05) is 19.1 Å². The van der Waals surface area contributed by atoms with Crippen molar-refractivity contribution in [1.82, 2.24) is 0 Å². The minimum absolute atomic E-state index is 0.277. The maximum Gasteiger partial charge on any atom is 0.0785 e. The van der Waals surface area contributed by atoms with E-state index in [1.165, 1.54) is 0 Å². The van der Waals surface area contributed by atoms with E-state index in [1.54, 1.807) is 0 Å². The van der Waals surface area contributed by atoms with E-state index in [0.717, 1.165) is 19.3 Å². The van der Waals surface area contributed by atoms with Gasteiger partial charge in [-0.15, -0.1) is 0 Å². The average molecular weight is 177 g/mol. The Morgan fingerprint density at radius 3 is 2.38 bits per heavy atom. The fourth-order valence-corrected chi connectivity index (χ4v) is 1.27. The van der Waals surface area contributed by atoms with Crippen molar-refractivity contribution in [2.24, 2.45) is 5.41 Å². The van der Waals surface area contributed by atoms with Crippen LogP contribution in [0, 0.1) is 16.7 Å². The van der Waals surface area contributed by atoms with Crippen molar-refractivity contribution in [3.63, 3.8) is 0 Å². The standard InChI is InChI=1S/C12H19N/c1-4-7-8-10-12(6-3,11-13)9-5-2/h5,7-9H,4,6,10H2,1-3H3. The molecule has 0 heterocycles. The molecule has 0 saturated carbocycles. The van der Waals surface area contributed by atoms with Crippen LogP contribution >= 0.6 is 0 Å². The summed E-state index contributed by atoms with van der Waals surface area (Å²) >= 11 is 0. The summed E-state index contributed by atoms with van der Waals surface area (Å²) in [7, 11) is 0. The molecule has 0 amide bonds. The summed E-state index contributed by atoms with van der Waals surface area (Å²) in [5.41, 5.74) is -0.277. The van der Waals surface area contributed by atoms with Crippen LogP contribution in [-0.4, -0.2) is 0 Å². The van der Waals surface area contributed by atoms with Crippen LogP contribution in [0.1, 0.15) is 40.0 Å². The average Bonchev–Trinajstić information content (AvgIpc) is 2.17. The number of hydrogen-bond donors (Lipinski definition) is 0. The molecule has 0 bridgehead atoms. The number of hydrogen-bond acceptors (Lipinski definition) is 1. The van der Waals surface area contributed by atoms with Crippen LogP contribution in [0.25, 0.3) is 0 Å². The van der Waals surface area contributed by atoms with E-state index >= 15 is 0 Å². The molecule has 0 aromatic rings. The smallest absolute Gasteiger partial charge is 0.0785 e. The summed E-state index contributed by atoms with van der Waals surface area (Å²) in [6.07, 6.45) is 10.9. The fraction of sp³-hybridized carbons (Fsp3) is 0.583. The lowest BCUT2D eigenvalue weighted by molar-refractivity contribution is 0.494. The summed E-state index contributed by atoms with van der Waals surface area (Å²) in [5.74, 6) is 0. The van der Waals surface area contributed by atoms with Gasteiger partial charge in [-0.3, -0.25) is 0 Å². The monoisotopic (exact) mass is 177 g/mol. The molecule has 1 atom stereocenters. The molecule has 0 radical (unpaired) electrons. The Balaban J connectivity index is 4.41. The van der Waals surface area contributed by atoms with Crippen molar-refractivity contribution in [2.75, 3.05) is 0 Å². The van der Waals surface area contributed by atoms with Gasteiger partial charge >= 0.3 is 0 Å². The molecule has 0 spiro atoms. The van der Waals surface area contributed by atoms with Gasteiger partial charge in [-0.2, -0.15) is 5.26 Å². The van der Waals surface area contributed by atoms with E-state index in [2.05, 4.69) is 32.1 Å². The number of nitriles is 1. The Bertz CT molecular complexity index is 220. The quantitative estimate of drug-likeness (QED) is 0.585. The molecule has 1 nitrogen and oxygen atoms in total. The normalized spacial score (nSPS) is 16.2. The first-order valence-corrected chi connectivity index (χ1v) is 4.94. The van der Waals surface area contributed by atoms with Crippen molar-refractivity contribution < 1.29 is 0 Å². The Labute approximate surface area is 81.8 Å². The zero-order valence-electron chi connectivity index (χ0n) is 8.88. The zero-order chi connectivity index (χ0) is 10.2. The molecule has 72 valence electrons. The van der Waals surface area contributed by atoms with Gasteiger partial charge < -0.3 is 0 Å². The summed E-state index contributed by atoms with van der Waals surface area (Å²) < 4.78 is 0. The van der Waals surface area contributed by atoms with E-state index in [0.29, 0.717) is 0 Å². The maximum absolute atomic E-state index is 9.07. The predicted molar refractivity (Wildman–Crippen MR) is 57.2 cm³/mol. The third-order valence-corrected chi connectivity index (χ3v) is 2.22. The van der Waals surface area contributed by atoms with Gasteiger partial charge in [0.05, 0.1) is 11.5 Å². The fourth-order valence-electron chi connectivity index (χ4n) is 1.27. The topological polar surface area (TPSA) is 23.8 Å². The van der Waals surface area contributed by atoms with Gasteiger partial charge in [0, 0.05) is 0 Å². The van der Waals surface area contributed by atoms with Crippen LogP contribution in [0.2, 0.25) is 0 Å². The molecule has 0 fully saturated rings. The molecule has 0 aliphatic carbocycles. The lowest BCUT2D eigenvalue weighted by Crippen LogP contribution is -2.12. The highest BCUT2D eigenvalue weighted by molar-refractivity contribution is 5.14. The molecule has 0 aliphatic rings. The number of rotatable bonds is 5. The number of allylic oxidation sites excluding steroid dienone is 4. The highest BCUT2D eigenvalue weighted by atomic mass is 14.3. The molecule has 1 heteroatoms. The van der Waals surface area contributed by atoms with Crippen molar-refractivity contribution in [3.8, 4) is 6.07 Å². The minimum atomic E-state index is -0.277. The van der Waals surface area contributed by atoms with Crippen LogP contribution in [0.4, 0.5) is 0 Å². The molecule has 1 unspecified atom stereocenters. The van der Waals surface area contributed by atoms with Crippen molar-refractivity contribution in [3.05, 3.63) is 24.3 Å². The Morgan fingerprint density at radius 2 is 2.00 bits per heavy atom. The SMILES string of the molecule is CC=CC(C#N)(CC)CC=CCC. The van der Waals surface area contributed by atoms with Crippen LogP contribution < -0.4 is 0 Å². The van der Waals surface area contributed by atoms with Crippen molar-refractivity contribution in [2.45, 2.75) is 40.0 Å². The van der Waals surface area contributed by atoms with Crippen molar-refractivity contribution >= 4 is 0 Å². The van der Waals surface area contributed by atoms with Crippen molar-refractivity contribution in [1.29, 1.82) is 5.26 Å². The van der Waals surface area contributed by atoms with Crippen LogP contribution in [0.15, 0.2) is 24.3 Å². The lowest BCUT2D eigenvalue weighted by Gasteiger charge is -2.18. The molecule has 0 rings (SSSR count). The van der Waals surface area contributed by atoms with Gasteiger partial charge in [-0.25, -0.2) is 0 Å². The summed E-state index contributed by atoms with van der Waals surface area (Å²) in [4.78, 5) is 0. The summed E-state index contributed by atoms with van der Waals surface area (Å²) in [6.45, 7) is 6.13. The van der Waals surface area contributed by atoms with E-state index in [9.17, 15) is 0 Å². The summed E-state index contributed by atoms with van der Waals surface area (Å²) in [5, 5.41) is 9.07. The summed E-state index contributed by atoms with van der Waals surface area (Å²) in [6, 6.07) is 2.39. The van der Waals surface area contributed by atoms with E-state index < -0.39 is 0 Å². The minimum Gasteiger partial charge on any atom is -0.197 e. The first-order valence-electron chi connectivity index (χ1n) is 4.94. The number of nitrogens with zero attached hydrogens (tertiary/aromatic N) is 1. The van der Waals surface area contributed by atoms with Crippen LogP contribution in [0.5, 0.6) is 0 Å². The second-order valence-electron chi connectivity index (χ2n) is 3.21. The van der Waals surface area contributed by atoms with Crippen LogP contribution in [0.3, 0.4) is 0 Å². The Morgan fingerprint density at radius 1 is 1.31 bits per heavy atom. The largest absolute Gasteiger partial charge is 0.197 e. The molecule has 0 aromatic carbocycles. The van der Waals surface area contributed by atoms with Crippen LogP contribution in [-0.2, 0) is 0 Å². The third-order valence-electron chi connectivity index (χ3n) is 2.22. The molecule has 0 saturated heterocycles. The maximum atomic E-state index is 9.07. The highest BCUT2D eigenvalue weighted by Crippen LogP contribution is 2.27. The highest BCUT2D eigenvalue weighted by Gasteiger charge is 2.21.